The monoisotopic (exact) mass is 322 g/mol. The molecule has 0 saturated carbocycles. The van der Waals surface area contributed by atoms with E-state index in [2.05, 4.69) is 61.5 Å². The zero-order valence-electron chi connectivity index (χ0n) is 15.5. The molecule has 0 fully saturated rings. The summed E-state index contributed by atoms with van der Waals surface area (Å²) >= 11 is 0. The molecule has 0 amide bonds. The quantitative estimate of drug-likeness (QED) is 0.364. The van der Waals surface area contributed by atoms with Crippen LogP contribution in [0.4, 0.5) is 0 Å². The van der Waals surface area contributed by atoms with Crippen LogP contribution < -0.4 is 0 Å². The van der Waals surface area contributed by atoms with Crippen LogP contribution in [0.5, 0.6) is 0 Å². The molecule has 0 aromatic heterocycles. The van der Waals surface area contributed by atoms with E-state index >= 15 is 0 Å². The molecule has 24 heavy (non-hydrogen) atoms. The highest BCUT2D eigenvalue weighted by molar-refractivity contribution is 5.27. The molecule has 0 heteroatoms. The Hall–Kier alpha value is -1.56. The molecule has 0 radical (unpaired) electrons. The van der Waals surface area contributed by atoms with E-state index < -0.39 is 0 Å². The van der Waals surface area contributed by atoms with Crippen molar-refractivity contribution in [2.75, 3.05) is 0 Å². The Labute approximate surface area is 149 Å². The maximum atomic E-state index is 2.34. The Morgan fingerprint density at radius 3 is 1.62 bits per heavy atom. The van der Waals surface area contributed by atoms with Gasteiger partial charge in [-0.1, -0.05) is 93.6 Å². The molecule has 0 aliphatic carbocycles. The summed E-state index contributed by atoms with van der Waals surface area (Å²) in [4.78, 5) is 0. The lowest BCUT2D eigenvalue weighted by atomic mass is 9.97. The van der Waals surface area contributed by atoms with E-state index in [0.717, 1.165) is 0 Å². The first-order valence-electron chi connectivity index (χ1n) is 10.0. The van der Waals surface area contributed by atoms with Gasteiger partial charge in [0.2, 0.25) is 0 Å². The number of aryl methyl sites for hydroxylation is 3. The second-order valence-corrected chi connectivity index (χ2v) is 6.98. The molecule has 0 atom stereocenters. The van der Waals surface area contributed by atoms with Crippen LogP contribution in [-0.4, -0.2) is 0 Å². The van der Waals surface area contributed by atoms with E-state index in [1.54, 1.807) is 11.1 Å². The van der Waals surface area contributed by atoms with Crippen molar-refractivity contribution in [2.24, 2.45) is 0 Å². The van der Waals surface area contributed by atoms with Crippen LogP contribution in [-0.2, 0) is 19.3 Å². The number of hydrogen-bond acceptors (Lipinski definition) is 0. The molecule has 2 aromatic rings. The van der Waals surface area contributed by atoms with Crippen molar-refractivity contribution in [3.05, 3.63) is 71.3 Å². The Bertz CT molecular complexity index is 541. The summed E-state index contributed by atoms with van der Waals surface area (Å²) in [5.74, 6) is 0. The van der Waals surface area contributed by atoms with Crippen LogP contribution in [0, 0.1) is 0 Å². The summed E-state index contributed by atoms with van der Waals surface area (Å²) in [6, 6.07) is 20.0. The van der Waals surface area contributed by atoms with Crippen molar-refractivity contribution in [1.82, 2.24) is 0 Å². The maximum absolute atomic E-state index is 2.34. The minimum absolute atomic E-state index is 1.24. The predicted octanol–water partition coefficient (Wildman–Crippen LogP) is 7.16. The molecule has 0 unspecified atom stereocenters. The first-order chi connectivity index (χ1) is 11.9. The van der Waals surface area contributed by atoms with E-state index in [1.807, 2.05) is 0 Å². The zero-order valence-corrected chi connectivity index (χ0v) is 15.5. The first-order valence-corrected chi connectivity index (χ1v) is 10.0. The fraction of sp³-hybridized carbons (Fsp3) is 0.500. The van der Waals surface area contributed by atoms with Gasteiger partial charge < -0.3 is 0 Å². The molecule has 2 rings (SSSR count). The molecule has 0 N–H and O–H groups in total. The molecule has 0 nitrogen and oxygen atoms in total. The summed E-state index contributed by atoms with van der Waals surface area (Å²) in [7, 11) is 0. The van der Waals surface area contributed by atoms with Crippen LogP contribution >= 0.6 is 0 Å². The van der Waals surface area contributed by atoms with E-state index in [0.29, 0.717) is 0 Å². The van der Waals surface area contributed by atoms with E-state index in [1.165, 1.54) is 76.2 Å². The Morgan fingerprint density at radius 2 is 1.00 bits per heavy atom. The van der Waals surface area contributed by atoms with Crippen molar-refractivity contribution in [2.45, 2.75) is 77.6 Å². The molecule has 0 aliphatic rings. The van der Waals surface area contributed by atoms with Gasteiger partial charge in [0.25, 0.3) is 0 Å². The third-order valence-corrected chi connectivity index (χ3v) is 4.92. The van der Waals surface area contributed by atoms with Gasteiger partial charge in [0.15, 0.2) is 0 Å². The van der Waals surface area contributed by atoms with Gasteiger partial charge in [-0.25, -0.2) is 0 Å². The fourth-order valence-corrected chi connectivity index (χ4v) is 3.41. The maximum Gasteiger partial charge on any atom is -0.0276 e. The van der Waals surface area contributed by atoms with Gasteiger partial charge >= 0.3 is 0 Å². The van der Waals surface area contributed by atoms with Crippen LogP contribution in [0.15, 0.2) is 54.6 Å². The SMILES string of the molecule is CCCCc1ccccc1CCCCCCCCc1ccccc1. The summed E-state index contributed by atoms with van der Waals surface area (Å²) in [6.07, 6.45) is 14.6. The van der Waals surface area contributed by atoms with Crippen molar-refractivity contribution < 1.29 is 0 Å². The van der Waals surface area contributed by atoms with Gasteiger partial charge in [0.05, 0.1) is 0 Å². The van der Waals surface area contributed by atoms with Gasteiger partial charge in [-0.05, 0) is 55.2 Å². The lowest BCUT2D eigenvalue weighted by Crippen LogP contribution is -1.95. The average molecular weight is 323 g/mol. The summed E-state index contributed by atoms with van der Waals surface area (Å²) in [6.45, 7) is 2.28. The third kappa shape index (κ3) is 7.34. The van der Waals surface area contributed by atoms with E-state index in [4.69, 9.17) is 0 Å². The van der Waals surface area contributed by atoms with Crippen LogP contribution in [0.3, 0.4) is 0 Å². The summed E-state index contributed by atoms with van der Waals surface area (Å²) in [5, 5.41) is 0. The second kappa shape index (κ2) is 11.9. The highest BCUT2D eigenvalue weighted by atomic mass is 14.1. The minimum atomic E-state index is 1.24. The average Bonchev–Trinajstić information content (AvgIpc) is 2.64. The van der Waals surface area contributed by atoms with Crippen molar-refractivity contribution >= 4 is 0 Å². The molecule has 0 spiro atoms. The van der Waals surface area contributed by atoms with Gasteiger partial charge in [-0.15, -0.1) is 0 Å². The van der Waals surface area contributed by atoms with E-state index in [9.17, 15) is 0 Å². The highest BCUT2D eigenvalue weighted by Crippen LogP contribution is 2.16. The zero-order chi connectivity index (χ0) is 16.9. The van der Waals surface area contributed by atoms with Crippen LogP contribution in [0.1, 0.15) is 75.0 Å². The standard InChI is InChI=1S/C24H34/c1-2-3-18-23-20-13-14-21-24(23)19-12-7-5-4-6-9-15-22-16-10-8-11-17-22/h8,10-11,13-14,16-17,20-21H,2-7,9,12,15,18-19H2,1H3. The van der Waals surface area contributed by atoms with Crippen molar-refractivity contribution in [3.63, 3.8) is 0 Å². The molecule has 2 aromatic carbocycles. The molecule has 0 bridgehead atoms. The van der Waals surface area contributed by atoms with Gasteiger partial charge in [-0.2, -0.15) is 0 Å². The first kappa shape index (κ1) is 18.8. The van der Waals surface area contributed by atoms with Crippen molar-refractivity contribution in [3.8, 4) is 0 Å². The summed E-state index contributed by atoms with van der Waals surface area (Å²) in [5.41, 5.74) is 4.67. The van der Waals surface area contributed by atoms with E-state index in [-0.39, 0.29) is 0 Å². The Kier molecular flexibility index (Phi) is 9.31. The fourth-order valence-electron chi connectivity index (χ4n) is 3.41. The lowest BCUT2D eigenvalue weighted by Gasteiger charge is -2.09. The normalized spacial score (nSPS) is 10.9. The number of hydrogen-bond donors (Lipinski definition) is 0. The predicted molar refractivity (Wildman–Crippen MR) is 107 cm³/mol. The minimum Gasteiger partial charge on any atom is -0.0654 e. The van der Waals surface area contributed by atoms with Gasteiger partial charge in [0, 0.05) is 0 Å². The smallest absolute Gasteiger partial charge is 0.0276 e. The number of rotatable bonds is 12. The molecular weight excluding hydrogens is 288 g/mol. The largest absolute Gasteiger partial charge is 0.0654 e. The molecular formula is C24H34. The van der Waals surface area contributed by atoms with Gasteiger partial charge in [-0.3, -0.25) is 0 Å². The lowest BCUT2D eigenvalue weighted by molar-refractivity contribution is 0.593. The highest BCUT2D eigenvalue weighted by Gasteiger charge is 2.01. The molecule has 0 heterocycles. The topological polar surface area (TPSA) is 0 Å². The number of benzene rings is 2. The second-order valence-electron chi connectivity index (χ2n) is 6.98. The Balaban J connectivity index is 1.54. The third-order valence-electron chi connectivity index (χ3n) is 4.92. The molecule has 130 valence electrons. The van der Waals surface area contributed by atoms with Crippen molar-refractivity contribution in [1.29, 1.82) is 0 Å². The van der Waals surface area contributed by atoms with Gasteiger partial charge in [0.1, 0.15) is 0 Å². The molecule has 0 aliphatic heterocycles. The Morgan fingerprint density at radius 1 is 0.500 bits per heavy atom. The molecule has 0 saturated heterocycles. The van der Waals surface area contributed by atoms with Crippen LogP contribution in [0.2, 0.25) is 0 Å². The summed E-state index contributed by atoms with van der Waals surface area (Å²) < 4.78 is 0. The van der Waals surface area contributed by atoms with Crippen LogP contribution in [0.25, 0.3) is 0 Å². The number of unbranched alkanes of at least 4 members (excludes halogenated alkanes) is 6.